The maximum absolute atomic E-state index is 12.2. The number of nitrogens with one attached hydrogen (secondary N) is 1. The van der Waals surface area contributed by atoms with E-state index in [4.69, 9.17) is 5.73 Å². The van der Waals surface area contributed by atoms with Gasteiger partial charge in [-0.05, 0) is 48.9 Å². The second-order valence-corrected chi connectivity index (χ2v) is 6.03. The lowest BCUT2D eigenvalue weighted by molar-refractivity contribution is 0.102. The van der Waals surface area contributed by atoms with E-state index in [9.17, 15) is 4.79 Å². The molecule has 98 valence electrons. The zero-order valence-electron chi connectivity index (χ0n) is 10.2. The van der Waals surface area contributed by atoms with Crippen molar-refractivity contribution in [3.05, 3.63) is 56.5 Å². The van der Waals surface area contributed by atoms with Gasteiger partial charge >= 0.3 is 0 Å². The van der Waals surface area contributed by atoms with E-state index < -0.39 is 0 Å². The van der Waals surface area contributed by atoms with E-state index in [-0.39, 0.29) is 5.91 Å². The van der Waals surface area contributed by atoms with Crippen LogP contribution in [0, 0.1) is 6.92 Å². The molecule has 0 fully saturated rings. The number of carbonyl (C=O) groups excluding carboxylic acids is 1. The van der Waals surface area contributed by atoms with Crippen LogP contribution < -0.4 is 11.1 Å². The fourth-order valence-electron chi connectivity index (χ4n) is 1.71. The molecule has 2 aromatic carbocycles. The molecular weight excluding hydrogens is 372 g/mol. The van der Waals surface area contributed by atoms with Gasteiger partial charge in [-0.3, -0.25) is 4.79 Å². The molecule has 0 saturated carbocycles. The Bertz CT molecular complexity index is 621. The van der Waals surface area contributed by atoms with Gasteiger partial charge in [-0.2, -0.15) is 0 Å². The molecule has 3 nitrogen and oxygen atoms in total. The minimum Gasteiger partial charge on any atom is -0.397 e. The first-order valence-corrected chi connectivity index (χ1v) is 7.18. The number of hydrogen-bond acceptors (Lipinski definition) is 2. The van der Waals surface area contributed by atoms with Crippen molar-refractivity contribution < 1.29 is 4.79 Å². The number of nitrogen functional groups attached to an aromatic ring is 1. The normalized spacial score (nSPS) is 10.3. The number of anilines is 2. The molecular formula is C14H12Br2N2O. The summed E-state index contributed by atoms with van der Waals surface area (Å²) in [6, 6.07) is 10.9. The van der Waals surface area contributed by atoms with E-state index in [1.807, 2.05) is 25.1 Å². The zero-order chi connectivity index (χ0) is 14.0. The van der Waals surface area contributed by atoms with Crippen molar-refractivity contribution in [1.29, 1.82) is 0 Å². The van der Waals surface area contributed by atoms with Crippen molar-refractivity contribution in [2.24, 2.45) is 0 Å². The Labute approximate surface area is 128 Å². The first-order valence-electron chi connectivity index (χ1n) is 5.59. The van der Waals surface area contributed by atoms with Crippen LogP contribution in [0.4, 0.5) is 11.4 Å². The van der Waals surface area contributed by atoms with Crippen LogP contribution in [0.25, 0.3) is 0 Å². The molecule has 0 unspecified atom stereocenters. The third kappa shape index (κ3) is 3.58. The van der Waals surface area contributed by atoms with Crippen LogP contribution >= 0.6 is 31.9 Å². The fourth-order valence-corrected chi connectivity index (χ4v) is 2.70. The predicted molar refractivity (Wildman–Crippen MR) is 85.4 cm³/mol. The van der Waals surface area contributed by atoms with Crippen molar-refractivity contribution in [1.82, 2.24) is 0 Å². The van der Waals surface area contributed by atoms with Crippen LogP contribution in [-0.4, -0.2) is 5.91 Å². The van der Waals surface area contributed by atoms with E-state index >= 15 is 0 Å². The first-order chi connectivity index (χ1) is 8.95. The number of nitrogens with two attached hydrogens (primary N) is 1. The van der Waals surface area contributed by atoms with Gasteiger partial charge in [-0.1, -0.05) is 31.9 Å². The second kappa shape index (κ2) is 5.75. The molecule has 0 radical (unpaired) electrons. The molecule has 0 aliphatic rings. The summed E-state index contributed by atoms with van der Waals surface area (Å²) in [5.74, 6) is -0.182. The van der Waals surface area contributed by atoms with Gasteiger partial charge in [0.1, 0.15) is 0 Å². The lowest BCUT2D eigenvalue weighted by Crippen LogP contribution is -2.13. The van der Waals surface area contributed by atoms with Gasteiger partial charge in [0, 0.05) is 14.5 Å². The summed E-state index contributed by atoms with van der Waals surface area (Å²) in [5.41, 5.74) is 8.59. The van der Waals surface area contributed by atoms with E-state index in [0.717, 1.165) is 14.5 Å². The number of aryl methyl sites for hydroxylation is 1. The Hall–Kier alpha value is -1.33. The summed E-state index contributed by atoms with van der Waals surface area (Å²) < 4.78 is 1.75. The van der Waals surface area contributed by atoms with Crippen LogP contribution in [0.2, 0.25) is 0 Å². The molecule has 3 N–H and O–H groups in total. The summed E-state index contributed by atoms with van der Waals surface area (Å²) in [7, 11) is 0. The molecule has 0 spiro atoms. The van der Waals surface area contributed by atoms with Crippen molar-refractivity contribution in [2.45, 2.75) is 6.92 Å². The molecule has 0 saturated heterocycles. The Balaban J connectivity index is 2.25. The average molecular weight is 384 g/mol. The Morgan fingerprint density at radius 2 is 1.84 bits per heavy atom. The highest BCUT2D eigenvalue weighted by atomic mass is 79.9. The second-order valence-electron chi connectivity index (χ2n) is 4.20. The van der Waals surface area contributed by atoms with Crippen LogP contribution in [0.5, 0.6) is 0 Å². The van der Waals surface area contributed by atoms with Gasteiger partial charge in [0.05, 0.1) is 11.4 Å². The predicted octanol–water partition coefficient (Wildman–Crippen LogP) is 4.35. The highest BCUT2D eigenvalue weighted by Crippen LogP contribution is 2.24. The van der Waals surface area contributed by atoms with E-state index in [1.54, 1.807) is 18.2 Å². The van der Waals surface area contributed by atoms with Gasteiger partial charge in [-0.25, -0.2) is 0 Å². The minimum atomic E-state index is -0.182. The van der Waals surface area contributed by atoms with Crippen molar-refractivity contribution in [3.8, 4) is 0 Å². The fraction of sp³-hybridized carbons (Fsp3) is 0.0714. The van der Waals surface area contributed by atoms with Crippen LogP contribution in [0.3, 0.4) is 0 Å². The highest BCUT2D eigenvalue weighted by Gasteiger charge is 2.09. The minimum absolute atomic E-state index is 0.182. The molecule has 0 heterocycles. The lowest BCUT2D eigenvalue weighted by atomic mass is 10.1. The average Bonchev–Trinajstić information content (AvgIpc) is 2.31. The molecule has 0 aromatic heterocycles. The highest BCUT2D eigenvalue weighted by molar-refractivity contribution is 9.10. The Morgan fingerprint density at radius 3 is 2.47 bits per heavy atom. The number of benzene rings is 2. The number of halogens is 2. The molecule has 0 atom stereocenters. The Morgan fingerprint density at radius 1 is 1.11 bits per heavy atom. The summed E-state index contributed by atoms with van der Waals surface area (Å²) in [5, 5.41) is 2.80. The summed E-state index contributed by atoms with van der Waals surface area (Å²) in [6.45, 7) is 1.94. The zero-order valence-corrected chi connectivity index (χ0v) is 13.4. The molecule has 2 aromatic rings. The summed E-state index contributed by atoms with van der Waals surface area (Å²) in [6.07, 6.45) is 0. The number of carbonyl (C=O) groups is 1. The van der Waals surface area contributed by atoms with E-state index in [0.29, 0.717) is 16.9 Å². The first kappa shape index (κ1) is 14.1. The SMILES string of the molecule is Cc1cc(Br)cc(C(=O)Nc2ccc(Br)cc2N)c1. The molecule has 1 amide bonds. The monoisotopic (exact) mass is 382 g/mol. The van der Waals surface area contributed by atoms with Gasteiger partial charge < -0.3 is 11.1 Å². The number of amides is 1. The largest absolute Gasteiger partial charge is 0.397 e. The summed E-state index contributed by atoms with van der Waals surface area (Å²) in [4.78, 5) is 12.2. The quantitative estimate of drug-likeness (QED) is 0.757. The molecule has 0 aliphatic heterocycles. The van der Waals surface area contributed by atoms with Crippen LogP contribution in [-0.2, 0) is 0 Å². The molecule has 19 heavy (non-hydrogen) atoms. The van der Waals surface area contributed by atoms with Gasteiger partial charge in [0.15, 0.2) is 0 Å². The standard InChI is InChI=1S/C14H12Br2N2O/c1-8-4-9(6-11(16)5-8)14(19)18-13-3-2-10(15)7-12(13)17/h2-7H,17H2,1H3,(H,18,19). The molecule has 5 heteroatoms. The van der Waals surface area contributed by atoms with Gasteiger partial charge in [0.25, 0.3) is 5.91 Å². The lowest BCUT2D eigenvalue weighted by Gasteiger charge is -2.09. The summed E-state index contributed by atoms with van der Waals surface area (Å²) >= 11 is 6.71. The van der Waals surface area contributed by atoms with Crippen LogP contribution in [0.1, 0.15) is 15.9 Å². The number of rotatable bonds is 2. The Kier molecular flexibility index (Phi) is 4.27. The van der Waals surface area contributed by atoms with Crippen molar-refractivity contribution >= 4 is 49.1 Å². The van der Waals surface area contributed by atoms with Crippen molar-refractivity contribution in [3.63, 3.8) is 0 Å². The van der Waals surface area contributed by atoms with Crippen molar-refractivity contribution in [2.75, 3.05) is 11.1 Å². The molecule has 0 bridgehead atoms. The van der Waals surface area contributed by atoms with Gasteiger partial charge in [-0.15, -0.1) is 0 Å². The smallest absolute Gasteiger partial charge is 0.255 e. The van der Waals surface area contributed by atoms with Gasteiger partial charge in [0.2, 0.25) is 0 Å². The van der Waals surface area contributed by atoms with Crippen LogP contribution in [0.15, 0.2) is 45.3 Å². The third-order valence-electron chi connectivity index (χ3n) is 2.57. The maximum Gasteiger partial charge on any atom is 0.255 e. The van der Waals surface area contributed by atoms with E-state index in [2.05, 4.69) is 37.2 Å². The topological polar surface area (TPSA) is 55.1 Å². The van der Waals surface area contributed by atoms with E-state index in [1.165, 1.54) is 0 Å². The third-order valence-corrected chi connectivity index (χ3v) is 3.52. The maximum atomic E-state index is 12.2. The molecule has 2 rings (SSSR count). The number of hydrogen-bond donors (Lipinski definition) is 2. The molecule has 0 aliphatic carbocycles.